The number of carbonyl (C=O) groups is 1. The fraction of sp³-hybridized carbons (Fsp3) is 0.278. The molecule has 0 aliphatic heterocycles. The van der Waals surface area contributed by atoms with Crippen molar-refractivity contribution in [1.29, 1.82) is 0 Å². The van der Waals surface area contributed by atoms with Crippen LogP contribution in [0.2, 0.25) is 0 Å². The topological polar surface area (TPSA) is 136 Å². The van der Waals surface area contributed by atoms with Gasteiger partial charge in [-0.2, -0.15) is 4.31 Å². The number of sulfonamides is 2. The number of hydrogen-bond donors (Lipinski definition) is 2. The number of benzene rings is 2. The zero-order chi connectivity index (χ0) is 21.8. The van der Waals surface area contributed by atoms with Crippen molar-refractivity contribution in [1.82, 2.24) is 4.31 Å². The highest BCUT2D eigenvalue weighted by Gasteiger charge is 2.27. The van der Waals surface area contributed by atoms with Crippen molar-refractivity contribution in [2.45, 2.75) is 23.6 Å². The molecule has 2 rings (SSSR count). The number of ether oxygens (including phenoxy) is 1. The molecular weight excluding hydrogens is 418 g/mol. The normalized spacial score (nSPS) is 12.0. The van der Waals surface area contributed by atoms with E-state index in [0.29, 0.717) is 0 Å². The predicted molar refractivity (Wildman–Crippen MR) is 109 cm³/mol. The molecule has 0 bridgehead atoms. The van der Waals surface area contributed by atoms with Gasteiger partial charge in [0.1, 0.15) is 10.6 Å². The molecule has 0 atom stereocenters. The molecule has 0 heterocycles. The molecule has 2 aromatic rings. The largest absolute Gasteiger partial charge is 0.495 e. The average Bonchev–Trinajstić information content (AvgIpc) is 2.67. The van der Waals surface area contributed by atoms with E-state index in [0.717, 1.165) is 0 Å². The van der Waals surface area contributed by atoms with E-state index in [-0.39, 0.29) is 39.9 Å². The SMILES string of the molecule is CCN(CC)S(=O)(=O)c1cc(C(=O)Nc2cccc(S(N)(=O)=O)c2)ccc1OC. The number of amides is 1. The maximum absolute atomic E-state index is 12.9. The van der Waals surface area contributed by atoms with Crippen LogP contribution in [0.15, 0.2) is 52.3 Å². The summed E-state index contributed by atoms with van der Waals surface area (Å²) in [7, 11) is -6.45. The third-order valence-electron chi connectivity index (χ3n) is 4.17. The minimum atomic E-state index is -3.93. The first-order valence-corrected chi connectivity index (χ1v) is 11.7. The van der Waals surface area contributed by atoms with Crippen molar-refractivity contribution in [3.8, 4) is 5.75 Å². The zero-order valence-electron chi connectivity index (χ0n) is 16.2. The van der Waals surface area contributed by atoms with E-state index in [1.807, 2.05) is 0 Å². The Morgan fingerprint density at radius 1 is 1.07 bits per heavy atom. The molecule has 9 nitrogen and oxygen atoms in total. The van der Waals surface area contributed by atoms with Crippen molar-refractivity contribution in [2.75, 3.05) is 25.5 Å². The molecule has 0 spiro atoms. The van der Waals surface area contributed by atoms with Crippen LogP contribution in [0.1, 0.15) is 24.2 Å². The summed E-state index contributed by atoms with van der Waals surface area (Å²) >= 11 is 0. The maximum atomic E-state index is 12.9. The Morgan fingerprint density at radius 3 is 2.28 bits per heavy atom. The Bertz CT molecular complexity index is 1110. The summed E-state index contributed by atoms with van der Waals surface area (Å²) < 4.78 is 55.1. The van der Waals surface area contributed by atoms with Gasteiger partial charge in [-0.25, -0.2) is 22.0 Å². The van der Waals surface area contributed by atoms with Crippen LogP contribution in [0, 0.1) is 0 Å². The van der Waals surface area contributed by atoms with Crippen LogP contribution in [0.4, 0.5) is 5.69 Å². The summed E-state index contributed by atoms with van der Waals surface area (Å²) in [5.41, 5.74) is 0.267. The van der Waals surface area contributed by atoms with Crippen molar-refractivity contribution in [3.05, 3.63) is 48.0 Å². The van der Waals surface area contributed by atoms with Gasteiger partial charge in [0.2, 0.25) is 20.0 Å². The average molecular weight is 442 g/mol. The van der Waals surface area contributed by atoms with Gasteiger partial charge < -0.3 is 10.1 Å². The van der Waals surface area contributed by atoms with Crippen molar-refractivity contribution >= 4 is 31.6 Å². The minimum absolute atomic E-state index is 0.0672. The number of carbonyl (C=O) groups excluding carboxylic acids is 1. The molecule has 29 heavy (non-hydrogen) atoms. The second-order valence-corrected chi connectivity index (χ2v) is 9.45. The first-order valence-electron chi connectivity index (χ1n) is 8.67. The van der Waals surface area contributed by atoms with Crippen LogP contribution in [0.25, 0.3) is 0 Å². The molecule has 0 aliphatic rings. The number of hydrogen-bond acceptors (Lipinski definition) is 6. The first kappa shape index (κ1) is 22.8. The molecule has 0 unspecified atom stereocenters. The van der Waals surface area contributed by atoms with E-state index in [4.69, 9.17) is 9.88 Å². The molecular formula is C18H23N3O6S2. The number of primary sulfonamides is 1. The highest BCUT2D eigenvalue weighted by molar-refractivity contribution is 7.89. The lowest BCUT2D eigenvalue weighted by molar-refractivity contribution is 0.102. The zero-order valence-corrected chi connectivity index (χ0v) is 17.9. The number of methoxy groups -OCH3 is 1. The van der Waals surface area contributed by atoms with Gasteiger partial charge in [0.15, 0.2) is 0 Å². The van der Waals surface area contributed by atoms with Crippen molar-refractivity contribution in [2.24, 2.45) is 5.14 Å². The van der Waals surface area contributed by atoms with Gasteiger partial charge in [-0.05, 0) is 36.4 Å². The highest BCUT2D eigenvalue weighted by atomic mass is 32.2. The Labute approximate surface area is 170 Å². The maximum Gasteiger partial charge on any atom is 0.255 e. The molecule has 2 aromatic carbocycles. The summed E-state index contributed by atoms with van der Waals surface area (Å²) in [5.74, 6) is -0.500. The van der Waals surface area contributed by atoms with Crippen LogP contribution in [-0.2, 0) is 20.0 Å². The smallest absolute Gasteiger partial charge is 0.255 e. The fourth-order valence-electron chi connectivity index (χ4n) is 2.68. The first-order chi connectivity index (χ1) is 13.5. The third-order valence-corrected chi connectivity index (χ3v) is 7.15. The van der Waals surface area contributed by atoms with Gasteiger partial charge >= 0.3 is 0 Å². The van der Waals surface area contributed by atoms with Gasteiger partial charge in [0.25, 0.3) is 5.91 Å². The lowest BCUT2D eigenvalue weighted by Crippen LogP contribution is -2.31. The van der Waals surface area contributed by atoms with E-state index < -0.39 is 26.0 Å². The Balaban J connectivity index is 2.43. The van der Waals surface area contributed by atoms with Crippen LogP contribution >= 0.6 is 0 Å². The summed E-state index contributed by atoms with van der Waals surface area (Å²) in [4.78, 5) is 12.3. The number of rotatable bonds is 8. The number of nitrogens with zero attached hydrogens (tertiary/aromatic N) is 1. The Morgan fingerprint density at radius 2 is 1.72 bits per heavy atom. The predicted octanol–water partition coefficient (Wildman–Crippen LogP) is 1.63. The standard InChI is InChI=1S/C18H23N3O6S2/c1-4-21(5-2)29(25,26)17-11-13(9-10-16(17)27-3)18(22)20-14-7-6-8-15(12-14)28(19,23)24/h6-12H,4-5H2,1-3H3,(H,20,22)(H2,19,23,24). The van der Waals surface area contributed by atoms with Gasteiger partial charge in [-0.15, -0.1) is 0 Å². The second kappa shape index (κ2) is 8.91. The molecule has 0 fully saturated rings. The number of anilines is 1. The molecule has 1 amide bonds. The van der Waals surface area contributed by atoms with E-state index in [1.165, 1.54) is 53.9 Å². The van der Waals surface area contributed by atoms with Crippen LogP contribution in [-0.4, -0.2) is 47.2 Å². The Kier molecular flexibility index (Phi) is 7.01. The summed E-state index contributed by atoms with van der Waals surface area (Å²) in [5, 5.41) is 7.63. The highest BCUT2D eigenvalue weighted by Crippen LogP contribution is 2.28. The van der Waals surface area contributed by atoms with Gasteiger partial charge in [0, 0.05) is 24.3 Å². The molecule has 0 saturated heterocycles. The Hall–Kier alpha value is -2.47. The third kappa shape index (κ3) is 5.12. The summed E-state index contributed by atoms with van der Waals surface area (Å²) in [6.45, 7) is 3.95. The second-order valence-electron chi connectivity index (χ2n) is 5.98. The molecule has 158 valence electrons. The lowest BCUT2D eigenvalue weighted by atomic mass is 10.2. The van der Waals surface area contributed by atoms with Crippen molar-refractivity contribution in [3.63, 3.8) is 0 Å². The number of nitrogens with one attached hydrogen (secondary N) is 1. The number of nitrogens with two attached hydrogens (primary N) is 1. The monoisotopic (exact) mass is 441 g/mol. The molecule has 11 heteroatoms. The van der Waals surface area contributed by atoms with Crippen LogP contribution in [0.5, 0.6) is 5.75 Å². The summed E-state index contributed by atoms with van der Waals surface area (Å²) in [6.07, 6.45) is 0. The fourth-order valence-corrected chi connectivity index (χ4v) is 4.88. The van der Waals surface area contributed by atoms with Gasteiger partial charge in [0.05, 0.1) is 12.0 Å². The molecule has 0 aliphatic carbocycles. The molecule has 0 aromatic heterocycles. The minimum Gasteiger partial charge on any atom is -0.495 e. The van der Waals surface area contributed by atoms with E-state index in [2.05, 4.69) is 5.32 Å². The van der Waals surface area contributed by atoms with E-state index in [1.54, 1.807) is 13.8 Å². The molecule has 3 N–H and O–H groups in total. The van der Waals surface area contributed by atoms with Crippen molar-refractivity contribution < 1.29 is 26.4 Å². The van der Waals surface area contributed by atoms with Gasteiger partial charge in [-0.3, -0.25) is 4.79 Å². The molecule has 0 radical (unpaired) electrons. The lowest BCUT2D eigenvalue weighted by Gasteiger charge is -2.20. The van der Waals surface area contributed by atoms with Crippen LogP contribution in [0.3, 0.4) is 0 Å². The van der Waals surface area contributed by atoms with Gasteiger partial charge in [-0.1, -0.05) is 19.9 Å². The van der Waals surface area contributed by atoms with E-state index >= 15 is 0 Å². The quantitative estimate of drug-likeness (QED) is 0.639. The molecule has 0 saturated carbocycles. The van der Waals surface area contributed by atoms with Crippen LogP contribution < -0.4 is 15.2 Å². The summed E-state index contributed by atoms with van der Waals surface area (Å²) in [6, 6.07) is 9.47. The van der Waals surface area contributed by atoms with E-state index in [9.17, 15) is 21.6 Å².